The van der Waals surface area contributed by atoms with Crippen LogP contribution in [0.1, 0.15) is 29.8 Å². The number of methoxy groups -OCH3 is 1. The summed E-state index contributed by atoms with van der Waals surface area (Å²) in [7, 11) is 1.55. The minimum absolute atomic E-state index is 0.0135. The average molecular weight is 499 g/mol. The summed E-state index contributed by atoms with van der Waals surface area (Å²) in [5.74, 6) is -4.02. The van der Waals surface area contributed by atoms with Crippen molar-refractivity contribution in [3.05, 3.63) is 82.9 Å². The molecule has 5 rings (SSSR count). The molecular weight excluding hydrogens is 475 g/mol. The Hall–Kier alpha value is -3.79. The molecule has 3 atom stereocenters. The zero-order valence-corrected chi connectivity index (χ0v) is 19.9. The Morgan fingerprint density at radius 1 is 1.14 bits per heavy atom. The highest BCUT2D eigenvalue weighted by Gasteiger charge is 2.45. The molecule has 0 radical (unpaired) electrons. The van der Waals surface area contributed by atoms with Crippen molar-refractivity contribution < 1.29 is 32.2 Å². The Morgan fingerprint density at radius 2 is 1.89 bits per heavy atom. The van der Waals surface area contributed by atoms with E-state index in [9.17, 15) is 18.0 Å². The highest BCUT2D eigenvalue weighted by molar-refractivity contribution is 5.97. The van der Waals surface area contributed by atoms with Gasteiger partial charge in [-0.05, 0) is 55.3 Å². The lowest BCUT2D eigenvalue weighted by atomic mass is 9.97. The molecular formula is C26H24F3N3O4. The topological polar surface area (TPSA) is 65.8 Å². The molecule has 2 aromatic carbocycles. The number of rotatable bonds is 4. The lowest BCUT2D eigenvalue weighted by Crippen LogP contribution is -2.59. The summed E-state index contributed by atoms with van der Waals surface area (Å²) in [6.07, 6.45) is 4.69. The molecule has 3 heterocycles. The summed E-state index contributed by atoms with van der Waals surface area (Å²) in [5.41, 5.74) is 2.40. The van der Waals surface area contributed by atoms with Gasteiger partial charge in [0, 0.05) is 6.20 Å². The number of aromatic nitrogens is 2. The summed E-state index contributed by atoms with van der Waals surface area (Å²) < 4.78 is 60.4. The van der Waals surface area contributed by atoms with E-state index >= 15 is 0 Å². The number of nitrogens with zero attached hydrogens (tertiary/aromatic N) is 3. The van der Waals surface area contributed by atoms with Crippen molar-refractivity contribution >= 4 is 12.0 Å². The Balaban J connectivity index is 1.49. The van der Waals surface area contributed by atoms with Crippen LogP contribution in [0.3, 0.4) is 0 Å². The summed E-state index contributed by atoms with van der Waals surface area (Å²) in [6, 6.07) is 5.93. The number of halogens is 3. The van der Waals surface area contributed by atoms with E-state index in [0.29, 0.717) is 11.3 Å². The molecule has 3 aromatic rings. The number of hydrogen-bond donors (Lipinski definition) is 0. The molecule has 0 spiro atoms. The van der Waals surface area contributed by atoms with E-state index in [0.717, 1.165) is 23.5 Å². The second-order valence-electron chi connectivity index (χ2n) is 8.82. The van der Waals surface area contributed by atoms with E-state index in [1.807, 2.05) is 29.8 Å². The van der Waals surface area contributed by atoms with Crippen LogP contribution in [0, 0.1) is 24.4 Å². The molecule has 2 aliphatic heterocycles. The monoisotopic (exact) mass is 499 g/mol. The summed E-state index contributed by atoms with van der Waals surface area (Å²) in [6.45, 7) is 3.89. The van der Waals surface area contributed by atoms with E-state index in [1.54, 1.807) is 32.5 Å². The zero-order valence-electron chi connectivity index (χ0n) is 19.9. The van der Waals surface area contributed by atoms with Gasteiger partial charge in [0.2, 0.25) is 0 Å². The Labute approximate surface area is 205 Å². The van der Waals surface area contributed by atoms with Crippen LogP contribution in [-0.4, -0.2) is 52.8 Å². The summed E-state index contributed by atoms with van der Waals surface area (Å²) >= 11 is 0. The van der Waals surface area contributed by atoms with Crippen LogP contribution in [0.4, 0.5) is 13.2 Å². The van der Waals surface area contributed by atoms with Gasteiger partial charge in [0.15, 0.2) is 23.2 Å². The van der Waals surface area contributed by atoms with Crippen LogP contribution in [0.5, 0.6) is 5.75 Å². The molecule has 188 valence electrons. The predicted octanol–water partition coefficient (Wildman–Crippen LogP) is 4.33. The van der Waals surface area contributed by atoms with Crippen molar-refractivity contribution in [3.8, 4) is 11.4 Å². The third kappa shape index (κ3) is 4.21. The molecule has 10 heteroatoms. The smallest absolute Gasteiger partial charge is 0.290 e. The molecule has 7 nitrogen and oxygen atoms in total. The van der Waals surface area contributed by atoms with Crippen LogP contribution >= 0.6 is 0 Å². The van der Waals surface area contributed by atoms with E-state index in [1.165, 1.54) is 4.90 Å². The number of carbonyl (C=O) groups excluding carboxylic acids is 1. The Kier molecular flexibility index (Phi) is 6.21. The number of imidazole rings is 1. The quantitative estimate of drug-likeness (QED) is 0.395. The first-order valence-electron chi connectivity index (χ1n) is 11.4. The zero-order chi connectivity index (χ0) is 25.6. The van der Waals surface area contributed by atoms with Gasteiger partial charge in [-0.3, -0.25) is 4.79 Å². The van der Waals surface area contributed by atoms with Gasteiger partial charge >= 0.3 is 0 Å². The second-order valence-corrected chi connectivity index (χ2v) is 8.82. The minimum atomic E-state index is -1.56. The number of carbonyl (C=O) groups is 1. The highest BCUT2D eigenvalue weighted by atomic mass is 19.2. The van der Waals surface area contributed by atoms with Crippen molar-refractivity contribution in [2.75, 3.05) is 20.3 Å². The predicted molar refractivity (Wildman–Crippen MR) is 124 cm³/mol. The molecule has 1 amide bonds. The Bertz CT molecular complexity index is 1330. The maximum Gasteiger partial charge on any atom is 0.290 e. The van der Waals surface area contributed by atoms with Crippen LogP contribution in [-0.2, 0) is 14.3 Å². The molecule has 1 aromatic heterocycles. The first kappa shape index (κ1) is 23.9. The first-order valence-corrected chi connectivity index (χ1v) is 11.4. The molecule has 0 saturated carbocycles. The lowest BCUT2D eigenvalue weighted by molar-refractivity contribution is -0.166. The van der Waals surface area contributed by atoms with Gasteiger partial charge < -0.3 is 23.7 Å². The van der Waals surface area contributed by atoms with Crippen LogP contribution < -0.4 is 4.74 Å². The van der Waals surface area contributed by atoms with E-state index in [2.05, 4.69) is 4.98 Å². The normalized spacial score (nSPS) is 22.9. The van der Waals surface area contributed by atoms with Crippen LogP contribution in [0.2, 0.25) is 0 Å². The standard InChI is InChI=1S/C26H24F3N3O4/c1-14-10-31(13-30-14)20-5-4-16(6-23(20)34-3)7-24-26(33)32-21(15(2)36-24)11-35-12-22(32)17-8-18(27)25(29)19(28)9-17/h4-10,13,15,21-22H,11-12H2,1-3H3/b24-7-/t15-,21?,22?/m0/s1. The summed E-state index contributed by atoms with van der Waals surface area (Å²) in [5, 5.41) is 0. The number of benzene rings is 2. The number of morpholine rings is 2. The fourth-order valence-corrected chi connectivity index (χ4v) is 4.62. The van der Waals surface area contributed by atoms with E-state index < -0.39 is 41.5 Å². The number of ether oxygens (including phenoxy) is 3. The first-order chi connectivity index (χ1) is 17.3. The SMILES string of the molecule is COc1cc(/C=C2\O[C@@H](C)C3COCC(c4cc(F)c(F)c(F)c4)N3C2=O)ccc1-n1cnc(C)c1. The fraction of sp³-hybridized carbons (Fsp3) is 0.308. The van der Waals surface area contributed by atoms with Gasteiger partial charge in [-0.1, -0.05) is 6.07 Å². The number of amides is 1. The molecule has 36 heavy (non-hydrogen) atoms. The van der Waals surface area contributed by atoms with Gasteiger partial charge in [0.1, 0.15) is 11.9 Å². The van der Waals surface area contributed by atoms with Gasteiger partial charge in [-0.15, -0.1) is 0 Å². The van der Waals surface area contributed by atoms with Crippen molar-refractivity contribution in [1.82, 2.24) is 14.5 Å². The maximum atomic E-state index is 14.0. The van der Waals surface area contributed by atoms with Gasteiger partial charge in [-0.25, -0.2) is 18.2 Å². The molecule has 2 aliphatic rings. The van der Waals surface area contributed by atoms with Crippen molar-refractivity contribution in [3.63, 3.8) is 0 Å². The molecule has 0 bridgehead atoms. The molecule has 0 N–H and O–H groups in total. The number of fused-ring (bicyclic) bond motifs is 1. The average Bonchev–Trinajstić information content (AvgIpc) is 3.30. The number of hydrogen-bond acceptors (Lipinski definition) is 5. The van der Waals surface area contributed by atoms with Gasteiger partial charge in [0.25, 0.3) is 5.91 Å². The highest BCUT2D eigenvalue weighted by Crippen LogP contribution is 2.36. The van der Waals surface area contributed by atoms with E-state index in [-0.39, 0.29) is 24.5 Å². The Morgan fingerprint density at radius 3 is 2.56 bits per heavy atom. The fourth-order valence-electron chi connectivity index (χ4n) is 4.62. The van der Waals surface area contributed by atoms with Gasteiger partial charge in [0.05, 0.1) is 50.1 Å². The maximum absolute atomic E-state index is 14.0. The molecule has 2 unspecified atom stereocenters. The molecule has 2 fully saturated rings. The van der Waals surface area contributed by atoms with Crippen molar-refractivity contribution in [2.45, 2.75) is 32.0 Å². The molecule has 0 aliphatic carbocycles. The number of aryl methyl sites for hydroxylation is 1. The summed E-state index contributed by atoms with van der Waals surface area (Å²) in [4.78, 5) is 19.3. The third-order valence-corrected chi connectivity index (χ3v) is 6.44. The lowest BCUT2D eigenvalue weighted by Gasteiger charge is -2.47. The molecule has 2 saturated heterocycles. The van der Waals surface area contributed by atoms with Crippen LogP contribution in [0.15, 0.2) is 48.6 Å². The van der Waals surface area contributed by atoms with Crippen LogP contribution in [0.25, 0.3) is 11.8 Å². The van der Waals surface area contributed by atoms with Crippen molar-refractivity contribution in [1.29, 1.82) is 0 Å². The van der Waals surface area contributed by atoms with E-state index in [4.69, 9.17) is 14.2 Å². The second kappa shape index (κ2) is 9.34. The van der Waals surface area contributed by atoms with Gasteiger partial charge in [-0.2, -0.15) is 0 Å². The minimum Gasteiger partial charge on any atom is -0.495 e. The largest absolute Gasteiger partial charge is 0.495 e. The third-order valence-electron chi connectivity index (χ3n) is 6.44. The van der Waals surface area contributed by atoms with Crippen molar-refractivity contribution in [2.24, 2.45) is 0 Å².